The second-order valence-electron chi connectivity index (χ2n) is 5.55. The molecule has 2 nitrogen and oxygen atoms in total. The van der Waals surface area contributed by atoms with Crippen molar-refractivity contribution in [3.63, 3.8) is 0 Å². The zero-order valence-corrected chi connectivity index (χ0v) is 14.0. The lowest BCUT2D eigenvalue weighted by atomic mass is 9.96. The molecule has 4 heteroatoms. The summed E-state index contributed by atoms with van der Waals surface area (Å²) in [4.78, 5) is 4.78. The lowest BCUT2D eigenvalue weighted by Crippen LogP contribution is -2.35. The van der Waals surface area contributed by atoms with Crippen LogP contribution in [0.15, 0.2) is 22.7 Å². The maximum absolute atomic E-state index is 5.86. The molecule has 1 fully saturated rings. The summed E-state index contributed by atoms with van der Waals surface area (Å²) >= 11 is 9.52. The van der Waals surface area contributed by atoms with E-state index in [0.717, 1.165) is 22.5 Å². The molecule has 0 unspecified atom stereocenters. The Hall–Kier alpha value is -0.250. The van der Waals surface area contributed by atoms with E-state index in [1.165, 1.54) is 31.6 Å². The van der Waals surface area contributed by atoms with Crippen LogP contribution in [0.4, 0.5) is 5.69 Å². The van der Waals surface area contributed by atoms with Gasteiger partial charge in [0.25, 0.3) is 0 Å². The number of anilines is 1. The molecule has 1 aromatic rings. The summed E-state index contributed by atoms with van der Waals surface area (Å²) in [6.07, 6.45) is 2.61. The van der Waals surface area contributed by atoms with Crippen LogP contribution in [0.25, 0.3) is 0 Å². The van der Waals surface area contributed by atoms with Crippen molar-refractivity contribution in [1.29, 1.82) is 0 Å². The molecule has 1 saturated heterocycles. The molecule has 0 amide bonds. The lowest BCUT2D eigenvalue weighted by molar-refractivity contribution is 0.222. The van der Waals surface area contributed by atoms with Crippen molar-refractivity contribution in [2.24, 2.45) is 5.92 Å². The normalized spacial score (nSPS) is 17.7. The SMILES string of the molecule is CN1CCC(CN(C)c2ccc(CCl)cc2Br)CC1. The number of alkyl halides is 1. The summed E-state index contributed by atoms with van der Waals surface area (Å²) in [7, 11) is 4.39. The maximum atomic E-state index is 5.86. The van der Waals surface area contributed by atoms with Crippen LogP contribution < -0.4 is 4.90 Å². The quantitative estimate of drug-likeness (QED) is 0.762. The smallest absolute Gasteiger partial charge is 0.0508 e. The van der Waals surface area contributed by atoms with Crippen LogP contribution in [0, 0.1) is 5.92 Å². The van der Waals surface area contributed by atoms with Crippen molar-refractivity contribution in [3.05, 3.63) is 28.2 Å². The molecule has 0 N–H and O–H groups in total. The second-order valence-corrected chi connectivity index (χ2v) is 6.67. The van der Waals surface area contributed by atoms with Gasteiger partial charge in [0.1, 0.15) is 0 Å². The average molecular weight is 346 g/mol. The van der Waals surface area contributed by atoms with E-state index in [1.54, 1.807) is 0 Å². The Kier molecular flexibility index (Phi) is 5.55. The zero-order valence-electron chi connectivity index (χ0n) is 11.7. The highest BCUT2D eigenvalue weighted by molar-refractivity contribution is 9.10. The van der Waals surface area contributed by atoms with Gasteiger partial charge < -0.3 is 9.80 Å². The molecule has 0 spiro atoms. The Morgan fingerprint density at radius 1 is 1.37 bits per heavy atom. The fourth-order valence-electron chi connectivity index (χ4n) is 2.67. The molecule has 2 rings (SSSR count). The summed E-state index contributed by atoms with van der Waals surface area (Å²) < 4.78 is 1.14. The van der Waals surface area contributed by atoms with Gasteiger partial charge in [0.05, 0.1) is 5.69 Å². The fraction of sp³-hybridized carbons (Fsp3) is 0.600. The number of hydrogen-bond donors (Lipinski definition) is 0. The first-order valence-electron chi connectivity index (χ1n) is 6.84. The number of likely N-dealkylation sites (tertiary alicyclic amines) is 1. The van der Waals surface area contributed by atoms with Crippen LogP contribution in [0.5, 0.6) is 0 Å². The van der Waals surface area contributed by atoms with Crippen LogP contribution in [-0.2, 0) is 5.88 Å². The van der Waals surface area contributed by atoms with Crippen LogP contribution in [0.3, 0.4) is 0 Å². The monoisotopic (exact) mass is 344 g/mol. The van der Waals surface area contributed by atoms with Gasteiger partial charge in [-0.15, -0.1) is 11.6 Å². The summed E-state index contributed by atoms with van der Waals surface area (Å²) in [5.41, 5.74) is 2.41. The number of benzene rings is 1. The molecule has 0 aromatic heterocycles. The summed E-state index contributed by atoms with van der Waals surface area (Å²) in [6, 6.07) is 6.39. The molecule has 1 aromatic carbocycles. The van der Waals surface area contributed by atoms with Crippen LogP contribution in [0.1, 0.15) is 18.4 Å². The van der Waals surface area contributed by atoms with Gasteiger partial charge >= 0.3 is 0 Å². The van der Waals surface area contributed by atoms with E-state index < -0.39 is 0 Å². The number of nitrogens with zero attached hydrogens (tertiary/aromatic N) is 2. The molecule has 0 radical (unpaired) electrons. The van der Waals surface area contributed by atoms with Crippen LogP contribution in [-0.4, -0.2) is 38.6 Å². The lowest BCUT2D eigenvalue weighted by Gasteiger charge is -2.32. The van der Waals surface area contributed by atoms with Crippen molar-refractivity contribution >= 4 is 33.2 Å². The molecule has 0 saturated carbocycles. The molecule has 19 heavy (non-hydrogen) atoms. The molecule has 0 aliphatic carbocycles. The third-order valence-electron chi connectivity index (χ3n) is 3.95. The summed E-state index contributed by atoms with van der Waals surface area (Å²) in [5, 5.41) is 0. The molecule has 106 valence electrons. The third-order valence-corrected chi connectivity index (χ3v) is 4.89. The number of hydrogen-bond acceptors (Lipinski definition) is 2. The van der Waals surface area contributed by atoms with Gasteiger partial charge in [0, 0.05) is 23.9 Å². The first-order valence-corrected chi connectivity index (χ1v) is 8.17. The van der Waals surface area contributed by atoms with Gasteiger partial charge in [-0.25, -0.2) is 0 Å². The Morgan fingerprint density at radius 2 is 2.05 bits per heavy atom. The van der Waals surface area contributed by atoms with E-state index in [0.29, 0.717) is 5.88 Å². The topological polar surface area (TPSA) is 6.48 Å². The Bertz CT molecular complexity index is 417. The molecule has 0 atom stereocenters. The van der Waals surface area contributed by atoms with E-state index in [-0.39, 0.29) is 0 Å². The predicted molar refractivity (Wildman–Crippen MR) is 87.2 cm³/mol. The van der Waals surface area contributed by atoms with Gasteiger partial charge in [-0.3, -0.25) is 0 Å². The zero-order chi connectivity index (χ0) is 13.8. The van der Waals surface area contributed by atoms with Crippen LogP contribution >= 0.6 is 27.5 Å². The van der Waals surface area contributed by atoms with E-state index in [4.69, 9.17) is 11.6 Å². The Balaban J connectivity index is 1.97. The summed E-state index contributed by atoms with van der Waals surface area (Å²) in [6.45, 7) is 3.59. The Labute approximate surface area is 129 Å². The minimum Gasteiger partial charge on any atom is -0.373 e. The highest BCUT2D eigenvalue weighted by atomic mass is 79.9. The predicted octanol–water partition coefficient (Wildman–Crippen LogP) is 3.97. The average Bonchev–Trinajstić information content (AvgIpc) is 2.41. The molecule has 1 heterocycles. The summed E-state index contributed by atoms with van der Waals surface area (Å²) in [5.74, 6) is 1.37. The number of rotatable bonds is 4. The minimum atomic E-state index is 0.567. The first-order chi connectivity index (χ1) is 9.10. The number of halogens is 2. The van der Waals surface area contributed by atoms with Crippen molar-refractivity contribution in [2.45, 2.75) is 18.7 Å². The second kappa shape index (κ2) is 6.96. The Morgan fingerprint density at radius 3 is 2.63 bits per heavy atom. The van der Waals surface area contributed by atoms with E-state index in [9.17, 15) is 0 Å². The van der Waals surface area contributed by atoms with Gasteiger partial charge in [0.15, 0.2) is 0 Å². The van der Waals surface area contributed by atoms with Gasteiger partial charge in [-0.05, 0) is 72.5 Å². The molecule has 1 aliphatic rings. The van der Waals surface area contributed by atoms with Gasteiger partial charge in [-0.1, -0.05) is 6.07 Å². The molecule has 0 bridgehead atoms. The van der Waals surface area contributed by atoms with Crippen LogP contribution in [0.2, 0.25) is 0 Å². The van der Waals surface area contributed by atoms with Gasteiger partial charge in [-0.2, -0.15) is 0 Å². The van der Waals surface area contributed by atoms with Crippen molar-refractivity contribution in [1.82, 2.24) is 4.90 Å². The van der Waals surface area contributed by atoms with Gasteiger partial charge in [0.2, 0.25) is 0 Å². The number of piperidine rings is 1. The fourth-order valence-corrected chi connectivity index (χ4v) is 3.57. The largest absolute Gasteiger partial charge is 0.373 e. The van der Waals surface area contributed by atoms with Crippen molar-refractivity contribution < 1.29 is 0 Å². The van der Waals surface area contributed by atoms with E-state index in [2.05, 4.69) is 58.0 Å². The minimum absolute atomic E-state index is 0.567. The maximum Gasteiger partial charge on any atom is 0.0508 e. The molecular formula is C15H22BrClN2. The first kappa shape index (κ1) is 15.1. The van der Waals surface area contributed by atoms with Crippen molar-refractivity contribution in [2.75, 3.05) is 38.6 Å². The highest BCUT2D eigenvalue weighted by Gasteiger charge is 2.19. The highest BCUT2D eigenvalue weighted by Crippen LogP contribution is 2.29. The standard InChI is InChI=1S/C15H22BrClN2/c1-18-7-5-12(6-8-18)11-19(2)15-4-3-13(10-17)9-14(15)16/h3-4,9,12H,5-8,10-11H2,1-2H3. The molecule has 1 aliphatic heterocycles. The third kappa shape index (κ3) is 4.11. The van der Waals surface area contributed by atoms with E-state index in [1.807, 2.05) is 0 Å². The molecular weight excluding hydrogens is 324 g/mol. The van der Waals surface area contributed by atoms with E-state index >= 15 is 0 Å². The van der Waals surface area contributed by atoms with Crippen molar-refractivity contribution in [3.8, 4) is 0 Å².